The monoisotopic (exact) mass is 282 g/mol. The third kappa shape index (κ3) is 3.55. The molecular weight excluding hydrogens is 260 g/mol. The lowest BCUT2D eigenvalue weighted by Gasteiger charge is -2.13. The molecule has 0 heterocycles. The Morgan fingerprint density at radius 2 is 1.89 bits per heavy atom. The molecule has 1 saturated carbocycles. The first-order valence-electron chi connectivity index (χ1n) is 6.77. The topological polar surface area (TPSA) is 58.2 Å². The molecule has 0 unspecified atom stereocenters. The molecule has 1 aliphatic rings. The molecule has 2 rings (SSSR count). The van der Waals surface area contributed by atoms with Crippen LogP contribution in [0, 0.1) is 13.8 Å². The van der Waals surface area contributed by atoms with Crippen LogP contribution in [0.2, 0.25) is 0 Å². The molecule has 0 atom stereocenters. The number of rotatable bonds is 6. The summed E-state index contributed by atoms with van der Waals surface area (Å²) >= 11 is 0. The number of hydrogen-bond acceptors (Lipinski definition) is 3. The highest BCUT2D eigenvalue weighted by Crippen LogP contribution is 2.23. The summed E-state index contributed by atoms with van der Waals surface area (Å²) in [6.07, 6.45) is 2.46. The minimum absolute atomic E-state index is 0.396. The van der Waals surface area contributed by atoms with E-state index >= 15 is 0 Å². The van der Waals surface area contributed by atoms with Gasteiger partial charge in [0.05, 0.1) is 4.90 Å². The molecule has 1 aromatic rings. The maximum Gasteiger partial charge on any atom is 0.240 e. The second-order valence-corrected chi connectivity index (χ2v) is 6.94. The molecule has 106 valence electrons. The summed E-state index contributed by atoms with van der Waals surface area (Å²) in [6, 6.07) is 4.38. The molecule has 0 aliphatic heterocycles. The van der Waals surface area contributed by atoms with Crippen molar-refractivity contribution in [3.63, 3.8) is 0 Å². The summed E-state index contributed by atoms with van der Waals surface area (Å²) in [5.74, 6) is 0. The van der Waals surface area contributed by atoms with Gasteiger partial charge in [0, 0.05) is 19.1 Å². The first-order chi connectivity index (χ1) is 8.94. The van der Waals surface area contributed by atoms with E-state index in [0.717, 1.165) is 23.2 Å². The van der Waals surface area contributed by atoms with Crippen molar-refractivity contribution in [2.24, 2.45) is 0 Å². The molecule has 1 fully saturated rings. The van der Waals surface area contributed by atoms with Crippen molar-refractivity contribution in [3.8, 4) is 0 Å². The molecule has 5 heteroatoms. The third-order valence-electron chi connectivity index (χ3n) is 3.42. The second kappa shape index (κ2) is 5.61. The summed E-state index contributed by atoms with van der Waals surface area (Å²) in [4.78, 5) is 0.396. The van der Waals surface area contributed by atoms with Crippen LogP contribution in [0.3, 0.4) is 0 Å². The summed E-state index contributed by atoms with van der Waals surface area (Å²) in [5.41, 5.74) is 3.00. The Kier molecular flexibility index (Phi) is 4.28. The Balaban J connectivity index is 2.29. The van der Waals surface area contributed by atoms with Gasteiger partial charge in [0.25, 0.3) is 0 Å². The predicted molar refractivity (Wildman–Crippen MR) is 76.6 cm³/mol. The molecule has 0 spiro atoms. The Labute approximate surface area is 115 Å². The van der Waals surface area contributed by atoms with Gasteiger partial charge < -0.3 is 5.32 Å². The number of sulfonamides is 1. The standard InChI is InChI=1S/C14H22N2O2S/c1-4-16-19(17,18)14-8-12(9-15-13-5-6-13)10(2)7-11(14)3/h7-8,13,15-16H,4-6,9H2,1-3H3. The molecule has 0 bridgehead atoms. The zero-order valence-electron chi connectivity index (χ0n) is 11.8. The maximum absolute atomic E-state index is 12.1. The van der Waals surface area contributed by atoms with E-state index in [9.17, 15) is 8.42 Å². The average molecular weight is 282 g/mol. The minimum atomic E-state index is -3.38. The normalized spacial score (nSPS) is 15.7. The van der Waals surface area contributed by atoms with Crippen molar-refractivity contribution >= 4 is 10.0 Å². The number of benzene rings is 1. The summed E-state index contributed by atoms with van der Waals surface area (Å²) in [6.45, 7) is 6.81. The van der Waals surface area contributed by atoms with Gasteiger partial charge in [-0.2, -0.15) is 0 Å². The molecule has 0 amide bonds. The molecule has 0 aromatic heterocycles. The van der Waals surface area contributed by atoms with Crippen LogP contribution < -0.4 is 10.0 Å². The highest BCUT2D eigenvalue weighted by molar-refractivity contribution is 7.89. The smallest absolute Gasteiger partial charge is 0.240 e. The number of nitrogens with one attached hydrogen (secondary N) is 2. The third-order valence-corrected chi connectivity index (χ3v) is 5.10. The van der Waals surface area contributed by atoms with E-state index in [2.05, 4.69) is 10.0 Å². The fraction of sp³-hybridized carbons (Fsp3) is 0.571. The lowest BCUT2D eigenvalue weighted by atomic mass is 10.1. The molecule has 1 aromatic carbocycles. The van der Waals surface area contributed by atoms with Crippen molar-refractivity contribution in [1.82, 2.24) is 10.0 Å². The van der Waals surface area contributed by atoms with Crippen LogP contribution in [0.25, 0.3) is 0 Å². The van der Waals surface area contributed by atoms with Crippen LogP contribution in [0.5, 0.6) is 0 Å². The van der Waals surface area contributed by atoms with E-state index in [4.69, 9.17) is 0 Å². The van der Waals surface area contributed by atoms with E-state index in [-0.39, 0.29) is 0 Å². The fourth-order valence-corrected chi connectivity index (χ4v) is 3.48. The van der Waals surface area contributed by atoms with Crippen LogP contribution in [0.15, 0.2) is 17.0 Å². The molecule has 0 saturated heterocycles. The number of aryl methyl sites for hydroxylation is 2. The van der Waals surface area contributed by atoms with E-state index < -0.39 is 10.0 Å². The highest BCUT2D eigenvalue weighted by Gasteiger charge is 2.21. The molecule has 1 aliphatic carbocycles. The zero-order valence-corrected chi connectivity index (χ0v) is 12.6. The van der Waals surface area contributed by atoms with E-state index in [1.807, 2.05) is 19.9 Å². The maximum atomic E-state index is 12.1. The molecule has 2 N–H and O–H groups in total. The Hall–Kier alpha value is -0.910. The van der Waals surface area contributed by atoms with Gasteiger partial charge in [-0.25, -0.2) is 13.1 Å². The lowest BCUT2D eigenvalue weighted by molar-refractivity contribution is 0.583. The second-order valence-electron chi connectivity index (χ2n) is 5.20. The highest BCUT2D eigenvalue weighted by atomic mass is 32.2. The van der Waals surface area contributed by atoms with Crippen LogP contribution >= 0.6 is 0 Å². The van der Waals surface area contributed by atoms with Gasteiger partial charge in [0.2, 0.25) is 10.0 Å². The van der Waals surface area contributed by atoms with Crippen LogP contribution in [0.4, 0.5) is 0 Å². The van der Waals surface area contributed by atoms with Gasteiger partial charge in [-0.3, -0.25) is 0 Å². The van der Waals surface area contributed by atoms with Gasteiger partial charge in [-0.1, -0.05) is 13.0 Å². The molecule has 19 heavy (non-hydrogen) atoms. The molecule has 4 nitrogen and oxygen atoms in total. The summed E-state index contributed by atoms with van der Waals surface area (Å²) in [5, 5.41) is 3.43. The molecule has 0 radical (unpaired) electrons. The van der Waals surface area contributed by atoms with Crippen molar-refractivity contribution < 1.29 is 8.42 Å². The number of hydrogen-bond donors (Lipinski definition) is 2. The van der Waals surface area contributed by atoms with Gasteiger partial charge in [-0.05, 0) is 49.4 Å². The quantitative estimate of drug-likeness (QED) is 0.837. The van der Waals surface area contributed by atoms with E-state index in [1.165, 1.54) is 12.8 Å². The van der Waals surface area contributed by atoms with Crippen LogP contribution in [0.1, 0.15) is 36.5 Å². The van der Waals surface area contributed by atoms with Crippen molar-refractivity contribution in [1.29, 1.82) is 0 Å². The first-order valence-corrected chi connectivity index (χ1v) is 8.25. The first kappa shape index (κ1) is 14.5. The van der Waals surface area contributed by atoms with Crippen LogP contribution in [-0.2, 0) is 16.6 Å². The SMILES string of the molecule is CCNS(=O)(=O)c1cc(CNC2CC2)c(C)cc1C. The summed E-state index contributed by atoms with van der Waals surface area (Å²) in [7, 11) is -3.38. The van der Waals surface area contributed by atoms with Gasteiger partial charge in [-0.15, -0.1) is 0 Å². The lowest BCUT2D eigenvalue weighted by Crippen LogP contribution is -2.24. The Morgan fingerprint density at radius 1 is 1.21 bits per heavy atom. The van der Waals surface area contributed by atoms with Crippen LogP contribution in [-0.4, -0.2) is 21.0 Å². The van der Waals surface area contributed by atoms with Gasteiger partial charge in [0.1, 0.15) is 0 Å². The van der Waals surface area contributed by atoms with E-state index in [1.54, 1.807) is 13.0 Å². The average Bonchev–Trinajstić information content (AvgIpc) is 3.11. The zero-order chi connectivity index (χ0) is 14.0. The van der Waals surface area contributed by atoms with Crippen molar-refractivity contribution in [3.05, 3.63) is 28.8 Å². The Bertz CT molecular complexity index is 563. The predicted octanol–water partition coefficient (Wildman–Crippen LogP) is 1.85. The fourth-order valence-electron chi connectivity index (χ4n) is 2.16. The van der Waals surface area contributed by atoms with Gasteiger partial charge in [0.15, 0.2) is 0 Å². The van der Waals surface area contributed by atoms with Gasteiger partial charge >= 0.3 is 0 Å². The van der Waals surface area contributed by atoms with E-state index in [0.29, 0.717) is 17.5 Å². The van der Waals surface area contributed by atoms with Crippen molar-refractivity contribution in [2.75, 3.05) is 6.54 Å². The summed E-state index contributed by atoms with van der Waals surface area (Å²) < 4.78 is 26.8. The Morgan fingerprint density at radius 3 is 2.47 bits per heavy atom. The minimum Gasteiger partial charge on any atom is -0.310 e. The van der Waals surface area contributed by atoms with Crippen molar-refractivity contribution in [2.45, 2.75) is 51.1 Å². The largest absolute Gasteiger partial charge is 0.310 e. The molecular formula is C14H22N2O2S.